The van der Waals surface area contributed by atoms with E-state index >= 15 is 0 Å². The van der Waals surface area contributed by atoms with E-state index in [2.05, 4.69) is 5.32 Å². The molecule has 1 atom stereocenters. The number of aliphatic hydroxyl groups is 1. The highest BCUT2D eigenvalue weighted by Gasteiger charge is 2.37. The van der Waals surface area contributed by atoms with Crippen molar-refractivity contribution in [2.24, 2.45) is 5.92 Å². The van der Waals surface area contributed by atoms with Gasteiger partial charge in [0.2, 0.25) is 0 Å². The van der Waals surface area contributed by atoms with Crippen molar-refractivity contribution in [2.45, 2.75) is 26.1 Å². The molecule has 0 radical (unpaired) electrons. The minimum Gasteiger partial charge on any atom is -0.379 e. The predicted octanol–water partition coefficient (Wildman–Crippen LogP) is 0.462. The van der Waals surface area contributed by atoms with E-state index in [4.69, 9.17) is 22.8 Å². The summed E-state index contributed by atoms with van der Waals surface area (Å²) in [5.41, 5.74) is 0. The third-order valence-electron chi connectivity index (χ3n) is 3.09. The van der Waals surface area contributed by atoms with Crippen LogP contribution in [0.15, 0.2) is 0 Å². The van der Waals surface area contributed by atoms with Gasteiger partial charge in [-0.3, -0.25) is 5.32 Å². The van der Waals surface area contributed by atoms with Crippen molar-refractivity contribution in [3.8, 4) is 0 Å². The fraction of sp³-hybridized carbons (Fsp3) is 1.00. The highest BCUT2D eigenvalue weighted by Crippen LogP contribution is 2.12. The van der Waals surface area contributed by atoms with E-state index in [0.717, 1.165) is 0 Å². The molecular formula is C13H31NO6Si. The van der Waals surface area contributed by atoms with Crippen LogP contribution >= 0.6 is 0 Å². The van der Waals surface area contributed by atoms with Crippen LogP contribution in [0.3, 0.4) is 0 Å². The molecule has 0 aliphatic rings. The molecule has 21 heavy (non-hydrogen) atoms. The largest absolute Gasteiger partial charge is 0.502 e. The Morgan fingerprint density at radius 3 is 1.90 bits per heavy atom. The van der Waals surface area contributed by atoms with Gasteiger partial charge in [0, 0.05) is 33.9 Å². The lowest BCUT2D eigenvalue weighted by Crippen LogP contribution is -2.43. The topological polar surface area (TPSA) is 78.4 Å². The minimum absolute atomic E-state index is 0.195. The van der Waals surface area contributed by atoms with Gasteiger partial charge in [0.25, 0.3) is 0 Å². The molecule has 0 aliphatic heterocycles. The Bertz CT molecular complexity index is 232. The molecule has 1 unspecified atom stereocenters. The highest BCUT2D eigenvalue weighted by atomic mass is 28.4. The molecular weight excluding hydrogens is 294 g/mol. The van der Waals surface area contributed by atoms with Crippen molar-refractivity contribution < 1.29 is 27.9 Å². The fourth-order valence-corrected chi connectivity index (χ4v) is 3.10. The summed E-state index contributed by atoms with van der Waals surface area (Å²) >= 11 is 0. The second kappa shape index (κ2) is 12.5. The average Bonchev–Trinajstić information content (AvgIpc) is 2.49. The fourth-order valence-electron chi connectivity index (χ4n) is 1.59. The Morgan fingerprint density at radius 2 is 1.43 bits per heavy atom. The van der Waals surface area contributed by atoms with Gasteiger partial charge in [-0.15, -0.1) is 0 Å². The summed E-state index contributed by atoms with van der Waals surface area (Å²) in [6.45, 7) is 6.60. The smallest absolute Gasteiger partial charge is 0.379 e. The van der Waals surface area contributed by atoms with Gasteiger partial charge in [-0.2, -0.15) is 0 Å². The Kier molecular flexibility index (Phi) is 12.4. The molecule has 0 saturated carbocycles. The number of nitrogens with one attached hydrogen (secondary N) is 1. The van der Waals surface area contributed by atoms with Gasteiger partial charge in [-0.1, -0.05) is 13.8 Å². The van der Waals surface area contributed by atoms with Crippen molar-refractivity contribution in [1.82, 2.24) is 5.32 Å². The molecule has 0 heterocycles. The quantitative estimate of drug-likeness (QED) is 0.273. The van der Waals surface area contributed by atoms with E-state index in [0.29, 0.717) is 39.0 Å². The zero-order chi connectivity index (χ0) is 16.1. The number of hydrogen-bond acceptors (Lipinski definition) is 7. The lowest BCUT2D eigenvalue weighted by atomic mass is 10.2. The van der Waals surface area contributed by atoms with Crippen LogP contribution in [0.2, 0.25) is 6.04 Å². The lowest BCUT2D eigenvalue weighted by Gasteiger charge is -2.24. The zero-order valence-corrected chi connectivity index (χ0v) is 14.9. The first kappa shape index (κ1) is 20.9. The Hall–Kier alpha value is -0.0631. The van der Waals surface area contributed by atoms with Crippen molar-refractivity contribution >= 4 is 8.80 Å². The van der Waals surface area contributed by atoms with E-state index in [9.17, 15) is 5.11 Å². The summed E-state index contributed by atoms with van der Waals surface area (Å²) in [6.07, 6.45) is -0.486. The number of aliphatic hydroxyl groups excluding tert-OH is 1. The summed E-state index contributed by atoms with van der Waals surface area (Å²) in [5.74, 6) is 0.195. The first-order valence-electron chi connectivity index (χ1n) is 7.23. The standard InChI is InChI=1S/C13H31NO6Si/c1-12(2)13(15)14-6-7-19-8-9-20-10-11-21(16-3,17-4)18-5/h12-15H,6-11H2,1-5H3. The third kappa shape index (κ3) is 9.53. The minimum atomic E-state index is -2.53. The van der Waals surface area contributed by atoms with Crippen molar-refractivity contribution in [3.63, 3.8) is 0 Å². The number of ether oxygens (including phenoxy) is 2. The van der Waals surface area contributed by atoms with Crippen molar-refractivity contribution in [2.75, 3.05) is 54.3 Å². The molecule has 0 rings (SSSR count). The maximum absolute atomic E-state index is 9.52. The second-order valence-corrected chi connectivity index (χ2v) is 8.00. The third-order valence-corrected chi connectivity index (χ3v) is 5.77. The van der Waals surface area contributed by atoms with E-state index in [1.165, 1.54) is 0 Å². The molecule has 0 spiro atoms. The molecule has 7 nitrogen and oxygen atoms in total. The molecule has 2 N–H and O–H groups in total. The average molecular weight is 325 g/mol. The van der Waals surface area contributed by atoms with Crippen LogP contribution in [0, 0.1) is 5.92 Å². The Balaban J connectivity index is 3.44. The summed E-state index contributed by atoms with van der Waals surface area (Å²) in [7, 11) is 2.23. The lowest BCUT2D eigenvalue weighted by molar-refractivity contribution is 0.0358. The van der Waals surface area contributed by atoms with Gasteiger partial charge in [0.05, 0.1) is 26.4 Å². The van der Waals surface area contributed by atoms with Gasteiger partial charge >= 0.3 is 8.80 Å². The van der Waals surface area contributed by atoms with Crippen molar-refractivity contribution in [1.29, 1.82) is 0 Å². The first-order chi connectivity index (χ1) is 10.0. The maximum atomic E-state index is 9.52. The summed E-state index contributed by atoms with van der Waals surface area (Å²) in [5, 5.41) is 12.5. The van der Waals surface area contributed by atoms with Crippen LogP contribution in [-0.4, -0.2) is 74.4 Å². The second-order valence-electron chi connectivity index (χ2n) is 4.91. The van der Waals surface area contributed by atoms with E-state index in [-0.39, 0.29) is 5.92 Å². The summed E-state index contributed by atoms with van der Waals surface area (Å²) in [4.78, 5) is 0. The van der Waals surface area contributed by atoms with Crippen LogP contribution in [0.5, 0.6) is 0 Å². The Labute approximate surface area is 129 Å². The molecule has 128 valence electrons. The van der Waals surface area contributed by atoms with Crippen LogP contribution < -0.4 is 5.32 Å². The molecule has 0 aromatic heterocycles. The van der Waals surface area contributed by atoms with Gasteiger partial charge < -0.3 is 27.9 Å². The predicted molar refractivity (Wildman–Crippen MR) is 82.1 cm³/mol. The highest BCUT2D eigenvalue weighted by molar-refractivity contribution is 6.60. The maximum Gasteiger partial charge on any atom is 0.502 e. The number of hydrogen-bond donors (Lipinski definition) is 2. The molecule has 0 saturated heterocycles. The van der Waals surface area contributed by atoms with Gasteiger partial charge in [0.15, 0.2) is 0 Å². The molecule has 0 bridgehead atoms. The molecule has 0 aromatic carbocycles. The van der Waals surface area contributed by atoms with Crippen LogP contribution in [0.1, 0.15) is 13.8 Å². The molecule has 0 fully saturated rings. The first-order valence-corrected chi connectivity index (χ1v) is 9.17. The van der Waals surface area contributed by atoms with Crippen LogP contribution in [0.4, 0.5) is 0 Å². The summed E-state index contributed by atoms with van der Waals surface area (Å²) in [6, 6.07) is 0.610. The SMILES string of the molecule is CO[Si](CCOCCOCCNC(O)C(C)C)(OC)OC. The van der Waals surface area contributed by atoms with E-state index in [1.54, 1.807) is 21.3 Å². The van der Waals surface area contributed by atoms with Crippen LogP contribution in [-0.2, 0) is 22.8 Å². The molecule has 8 heteroatoms. The normalized spacial score (nSPS) is 13.9. The monoisotopic (exact) mass is 325 g/mol. The molecule has 0 amide bonds. The Morgan fingerprint density at radius 1 is 0.905 bits per heavy atom. The van der Waals surface area contributed by atoms with Gasteiger partial charge in [0.1, 0.15) is 6.23 Å². The van der Waals surface area contributed by atoms with Gasteiger partial charge in [-0.25, -0.2) is 0 Å². The summed E-state index contributed by atoms with van der Waals surface area (Å²) < 4.78 is 26.7. The van der Waals surface area contributed by atoms with Crippen LogP contribution in [0.25, 0.3) is 0 Å². The number of rotatable bonds is 14. The van der Waals surface area contributed by atoms with E-state index in [1.807, 2.05) is 13.8 Å². The zero-order valence-electron chi connectivity index (χ0n) is 13.9. The van der Waals surface area contributed by atoms with Crippen molar-refractivity contribution in [3.05, 3.63) is 0 Å². The van der Waals surface area contributed by atoms with E-state index < -0.39 is 15.0 Å². The molecule has 0 aromatic rings. The van der Waals surface area contributed by atoms with Gasteiger partial charge in [-0.05, 0) is 5.92 Å². The molecule has 0 aliphatic carbocycles.